The van der Waals surface area contributed by atoms with Crippen LogP contribution in [0.2, 0.25) is 0 Å². The molecule has 2 rings (SSSR count). The third-order valence-electron chi connectivity index (χ3n) is 4.26. The Bertz CT molecular complexity index is 677. The Morgan fingerprint density at radius 1 is 1.15 bits per heavy atom. The Hall–Kier alpha value is -2.63. The van der Waals surface area contributed by atoms with Gasteiger partial charge in [0.15, 0.2) is 0 Å². The van der Waals surface area contributed by atoms with Crippen molar-refractivity contribution in [2.24, 2.45) is 5.92 Å². The van der Waals surface area contributed by atoms with E-state index in [0.29, 0.717) is 19.6 Å². The molecule has 3 amide bonds. The van der Waals surface area contributed by atoms with E-state index in [-0.39, 0.29) is 35.6 Å². The van der Waals surface area contributed by atoms with Gasteiger partial charge in [0.1, 0.15) is 0 Å². The highest BCUT2D eigenvalue weighted by atomic mass is 16.2. The maximum atomic E-state index is 12.2. The number of carbonyl (C=O) groups excluding carboxylic acids is 3. The van der Waals surface area contributed by atoms with Crippen molar-refractivity contribution >= 4 is 23.8 Å². The van der Waals surface area contributed by atoms with Gasteiger partial charge in [0, 0.05) is 37.7 Å². The summed E-state index contributed by atoms with van der Waals surface area (Å²) in [6, 6.07) is 9.55. The standard InChI is InChI=1S/C20H27N3O3/c1-20(2,3)23-14-16(13-18(23)25)19(26)22-12-11-21-17(24)10-9-15-7-5-4-6-8-15/h4-10,16H,11-14H2,1-3H3,(H,21,24)(H,22,26)/b10-9+. The summed E-state index contributed by atoms with van der Waals surface area (Å²) in [5.41, 5.74) is 0.677. The van der Waals surface area contributed by atoms with Gasteiger partial charge in [-0.3, -0.25) is 14.4 Å². The second kappa shape index (κ2) is 8.65. The molecule has 0 saturated carbocycles. The van der Waals surface area contributed by atoms with Crippen LogP contribution >= 0.6 is 0 Å². The Balaban J connectivity index is 1.68. The first-order valence-corrected chi connectivity index (χ1v) is 8.86. The predicted molar refractivity (Wildman–Crippen MR) is 101 cm³/mol. The molecule has 6 heteroatoms. The Kier molecular flexibility index (Phi) is 6.55. The van der Waals surface area contributed by atoms with E-state index in [1.165, 1.54) is 6.08 Å². The van der Waals surface area contributed by atoms with Crippen molar-refractivity contribution in [1.29, 1.82) is 0 Å². The van der Waals surface area contributed by atoms with Crippen LogP contribution in [0.5, 0.6) is 0 Å². The molecule has 1 aliphatic rings. The molecule has 6 nitrogen and oxygen atoms in total. The summed E-state index contributed by atoms with van der Waals surface area (Å²) >= 11 is 0. The molecule has 1 atom stereocenters. The van der Waals surface area contributed by atoms with E-state index in [0.717, 1.165) is 5.56 Å². The monoisotopic (exact) mass is 357 g/mol. The van der Waals surface area contributed by atoms with Crippen LogP contribution in [0.3, 0.4) is 0 Å². The zero-order valence-electron chi connectivity index (χ0n) is 15.6. The lowest BCUT2D eigenvalue weighted by atomic mass is 10.1. The lowest BCUT2D eigenvalue weighted by molar-refractivity contribution is -0.132. The van der Waals surface area contributed by atoms with Gasteiger partial charge in [-0.05, 0) is 32.4 Å². The lowest BCUT2D eigenvalue weighted by Crippen LogP contribution is -2.43. The Labute approximate surface area is 154 Å². The van der Waals surface area contributed by atoms with Crippen LogP contribution in [0.4, 0.5) is 0 Å². The van der Waals surface area contributed by atoms with Crippen LogP contribution in [0.25, 0.3) is 6.08 Å². The van der Waals surface area contributed by atoms with Crippen LogP contribution in [0, 0.1) is 5.92 Å². The maximum absolute atomic E-state index is 12.2. The van der Waals surface area contributed by atoms with Gasteiger partial charge in [0.05, 0.1) is 5.92 Å². The Morgan fingerprint density at radius 3 is 2.42 bits per heavy atom. The molecule has 2 N–H and O–H groups in total. The molecule has 0 aromatic heterocycles. The molecule has 1 unspecified atom stereocenters. The summed E-state index contributed by atoms with van der Waals surface area (Å²) in [7, 11) is 0. The highest BCUT2D eigenvalue weighted by molar-refractivity contribution is 5.92. The number of likely N-dealkylation sites (tertiary alicyclic amines) is 1. The molecule has 0 spiro atoms. The van der Waals surface area contributed by atoms with Gasteiger partial charge in [-0.1, -0.05) is 30.3 Å². The van der Waals surface area contributed by atoms with Gasteiger partial charge >= 0.3 is 0 Å². The molecular formula is C20H27N3O3. The number of hydrogen-bond donors (Lipinski definition) is 2. The topological polar surface area (TPSA) is 78.5 Å². The number of amides is 3. The summed E-state index contributed by atoms with van der Waals surface area (Å²) in [6.07, 6.45) is 3.45. The summed E-state index contributed by atoms with van der Waals surface area (Å²) in [6.45, 7) is 7.01. The van der Waals surface area contributed by atoms with Crippen molar-refractivity contribution in [3.8, 4) is 0 Å². The van der Waals surface area contributed by atoms with Crippen molar-refractivity contribution in [2.45, 2.75) is 32.7 Å². The fourth-order valence-electron chi connectivity index (χ4n) is 2.84. The minimum absolute atomic E-state index is 0.0111. The summed E-state index contributed by atoms with van der Waals surface area (Å²) < 4.78 is 0. The third kappa shape index (κ3) is 5.72. The molecule has 1 fully saturated rings. The molecule has 1 saturated heterocycles. The van der Waals surface area contributed by atoms with Gasteiger partial charge in [-0.25, -0.2) is 0 Å². The molecule has 0 radical (unpaired) electrons. The normalized spacial score (nSPS) is 17.6. The molecular weight excluding hydrogens is 330 g/mol. The Morgan fingerprint density at radius 2 is 1.81 bits per heavy atom. The second-order valence-corrected chi connectivity index (χ2v) is 7.40. The van der Waals surface area contributed by atoms with Crippen molar-refractivity contribution in [2.75, 3.05) is 19.6 Å². The highest BCUT2D eigenvalue weighted by Gasteiger charge is 2.39. The predicted octanol–water partition coefficient (Wildman–Crippen LogP) is 1.58. The summed E-state index contributed by atoms with van der Waals surface area (Å²) in [5, 5.41) is 5.51. The number of benzene rings is 1. The molecule has 1 aliphatic heterocycles. The van der Waals surface area contributed by atoms with E-state index < -0.39 is 0 Å². The zero-order valence-corrected chi connectivity index (χ0v) is 15.6. The zero-order chi connectivity index (χ0) is 19.2. The van der Waals surface area contributed by atoms with Crippen LogP contribution in [-0.4, -0.2) is 47.8 Å². The average molecular weight is 357 g/mol. The van der Waals surface area contributed by atoms with Crippen molar-refractivity contribution in [3.63, 3.8) is 0 Å². The smallest absolute Gasteiger partial charge is 0.244 e. The van der Waals surface area contributed by atoms with E-state index in [1.807, 2.05) is 51.1 Å². The average Bonchev–Trinajstić information content (AvgIpc) is 3.00. The number of rotatable bonds is 6. The van der Waals surface area contributed by atoms with E-state index in [1.54, 1.807) is 11.0 Å². The quantitative estimate of drug-likeness (QED) is 0.599. The molecule has 1 aromatic carbocycles. The highest BCUT2D eigenvalue weighted by Crippen LogP contribution is 2.25. The maximum Gasteiger partial charge on any atom is 0.244 e. The number of carbonyl (C=O) groups is 3. The molecule has 1 heterocycles. The minimum atomic E-state index is -0.324. The molecule has 140 valence electrons. The molecule has 1 aromatic rings. The van der Waals surface area contributed by atoms with E-state index in [2.05, 4.69) is 10.6 Å². The summed E-state index contributed by atoms with van der Waals surface area (Å²) in [4.78, 5) is 37.7. The van der Waals surface area contributed by atoms with Crippen LogP contribution in [-0.2, 0) is 14.4 Å². The van der Waals surface area contributed by atoms with Crippen LogP contribution < -0.4 is 10.6 Å². The fourth-order valence-corrected chi connectivity index (χ4v) is 2.84. The van der Waals surface area contributed by atoms with Gasteiger partial charge in [-0.15, -0.1) is 0 Å². The van der Waals surface area contributed by atoms with E-state index in [9.17, 15) is 14.4 Å². The third-order valence-corrected chi connectivity index (χ3v) is 4.26. The van der Waals surface area contributed by atoms with Gasteiger partial charge in [-0.2, -0.15) is 0 Å². The first-order chi connectivity index (χ1) is 12.3. The van der Waals surface area contributed by atoms with E-state index in [4.69, 9.17) is 0 Å². The second-order valence-electron chi connectivity index (χ2n) is 7.40. The van der Waals surface area contributed by atoms with Crippen molar-refractivity contribution < 1.29 is 14.4 Å². The van der Waals surface area contributed by atoms with Gasteiger partial charge in [0.25, 0.3) is 0 Å². The van der Waals surface area contributed by atoms with Crippen LogP contribution in [0.15, 0.2) is 36.4 Å². The van der Waals surface area contributed by atoms with Crippen molar-refractivity contribution in [3.05, 3.63) is 42.0 Å². The van der Waals surface area contributed by atoms with Crippen LogP contribution in [0.1, 0.15) is 32.8 Å². The first kappa shape index (κ1) is 19.7. The lowest BCUT2D eigenvalue weighted by Gasteiger charge is -2.31. The largest absolute Gasteiger partial charge is 0.354 e. The number of nitrogens with zero attached hydrogens (tertiary/aromatic N) is 1. The molecule has 26 heavy (non-hydrogen) atoms. The van der Waals surface area contributed by atoms with Gasteiger partial charge < -0.3 is 15.5 Å². The molecule has 0 bridgehead atoms. The number of nitrogens with one attached hydrogen (secondary N) is 2. The van der Waals surface area contributed by atoms with Gasteiger partial charge in [0.2, 0.25) is 17.7 Å². The minimum Gasteiger partial charge on any atom is -0.354 e. The first-order valence-electron chi connectivity index (χ1n) is 8.86. The SMILES string of the molecule is CC(C)(C)N1CC(C(=O)NCCNC(=O)/C=C/c2ccccc2)CC1=O. The molecule has 0 aliphatic carbocycles. The fraction of sp³-hybridized carbons (Fsp3) is 0.450. The van der Waals surface area contributed by atoms with Crippen molar-refractivity contribution in [1.82, 2.24) is 15.5 Å². The summed E-state index contributed by atoms with van der Waals surface area (Å²) in [5.74, 6) is -0.662. The van der Waals surface area contributed by atoms with E-state index >= 15 is 0 Å². The number of hydrogen-bond acceptors (Lipinski definition) is 3.